The third-order valence-corrected chi connectivity index (χ3v) is 4.94. The zero-order valence-electron chi connectivity index (χ0n) is 6.33. The van der Waals surface area contributed by atoms with Crippen molar-refractivity contribution in [3.63, 3.8) is 0 Å². The molecule has 1 nitrogen and oxygen atoms in total. The summed E-state index contributed by atoms with van der Waals surface area (Å²) in [6.45, 7) is 2.17. The molecule has 2 rings (SSSR count). The van der Waals surface area contributed by atoms with Crippen LogP contribution < -0.4 is 0 Å². The van der Waals surface area contributed by atoms with Crippen molar-refractivity contribution in [3.8, 4) is 0 Å². The van der Waals surface area contributed by atoms with Crippen LogP contribution in [0.5, 0.6) is 0 Å². The molecule has 0 atom stereocenters. The summed E-state index contributed by atoms with van der Waals surface area (Å²) in [5.41, 5.74) is 0. The van der Waals surface area contributed by atoms with Crippen molar-refractivity contribution in [1.82, 2.24) is 4.37 Å². The minimum atomic E-state index is 0. The van der Waals surface area contributed by atoms with Crippen molar-refractivity contribution in [2.45, 2.75) is 13.3 Å². The smallest absolute Gasteiger partial charge is 0.109 e. The highest BCUT2D eigenvalue weighted by Crippen LogP contribution is 2.37. The summed E-state index contributed by atoms with van der Waals surface area (Å²) < 4.78 is 6.69. The maximum Gasteiger partial charge on any atom is 0.109 e. The lowest BCUT2D eigenvalue weighted by Gasteiger charge is -1.87. The maximum absolute atomic E-state index is 4.12. The van der Waals surface area contributed by atoms with Crippen molar-refractivity contribution in [2.75, 3.05) is 0 Å². The molecular weight excluding hydrogens is 322 g/mol. The first kappa shape index (κ1) is 10.6. The van der Waals surface area contributed by atoms with Gasteiger partial charge in [0.25, 0.3) is 0 Å². The fraction of sp³-hybridized carbons (Fsp3) is 0.286. The number of hydrogen-bond acceptors (Lipinski definition) is 3. The van der Waals surface area contributed by atoms with Gasteiger partial charge in [0.1, 0.15) is 4.01 Å². The third kappa shape index (κ3) is 1.60. The molecule has 0 fully saturated rings. The van der Waals surface area contributed by atoms with Crippen LogP contribution in [0, 0.1) is 0 Å². The first-order chi connectivity index (χ1) is 5.33. The fourth-order valence-corrected chi connectivity index (χ4v) is 3.99. The third-order valence-electron chi connectivity index (χ3n) is 1.56. The Balaban J connectivity index is 0.000000720. The number of rotatable bonds is 1. The quantitative estimate of drug-likeness (QED) is 0.762. The lowest BCUT2D eigenvalue weighted by Crippen LogP contribution is -1.70. The molecule has 0 spiro atoms. The van der Waals surface area contributed by atoms with Crippen molar-refractivity contribution in [1.29, 1.82) is 0 Å². The lowest BCUT2D eigenvalue weighted by molar-refractivity contribution is 1.18. The molecule has 0 amide bonds. The van der Waals surface area contributed by atoms with Gasteiger partial charge in [-0.1, -0.05) is 6.92 Å². The van der Waals surface area contributed by atoms with Crippen LogP contribution in [0.15, 0.2) is 10.7 Å². The molecule has 0 aromatic carbocycles. The molecule has 5 heteroatoms. The predicted molar refractivity (Wildman–Crippen MR) is 64.9 cm³/mol. The van der Waals surface area contributed by atoms with E-state index in [-0.39, 0.29) is 17.0 Å². The molecule has 2 heterocycles. The number of nitrogens with zero attached hydrogens (tertiary/aromatic N) is 1. The molecule has 12 heavy (non-hydrogen) atoms. The minimum Gasteiger partial charge on any atom is -0.199 e. The SMILES string of the molecule is Br.CCc1sc2sncc2c1Br. The summed E-state index contributed by atoms with van der Waals surface area (Å²) in [4.78, 5) is 1.42. The van der Waals surface area contributed by atoms with E-state index in [9.17, 15) is 0 Å². The Kier molecular flexibility index (Phi) is 3.70. The van der Waals surface area contributed by atoms with Gasteiger partial charge in [-0.3, -0.25) is 0 Å². The van der Waals surface area contributed by atoms with Gasteiger partial charge in [-0.2, -0.15) is 4.37 Å². The summed E-state index contributed by atoms with van der Waals surface area (Å²) >= 11 is 6.98. The standard InChI is InChI=1S/C7H6BrNS2.BrH/c1-2-5-6(8)4-3-9-11-7(4)10-5;/h3H,2H2,1H3;1H. The molecule has 0 aliphatic heterocycles. The number of fused-ring (bicyclic) bond motifs is 1. The Bertz CT molecular complexity index is 380. The highest BCUT2D eigenvalue weighted by Gasteiger charge is 2.08. The monoisotopic (exact) mass is 327 g/mol. The number of hydrogen-bond donors (Lipinski definition) is 0. The fourth-order valence-electron chi connectivity index (χ4n) is 0.983. The molecular formula is C7H7Br2NS2. The maximum atomic E-state index is 4.12. The lowest BCUT2D eigenvalue weighted by atomic mass is 10.3. The normalized spacial score (nSPS) is 10.2. The molecule has 66 valence electrons. The van der Waals surface area contributed by atoms with E-state index >= 15 is 0 Å². The van der Waals surface area contributed by atoms with Gasteiger partial charge < -0.3 is 0 Å². The second-order valence-corrected chi connectivity index (χ2v) is 5.18. The average Bonchev–Trinajstić information content (AvgIpc) is 2.53. The molecule has 2 aromatic heterocycles. The van der Waals surface area contributed by atoms with Gasteiger partial charge in [-0.15, -0.1) is 28.3 Å². The Morgan fingerprint density at radius 3 is 2.92 bits per heavy atom. The Labute approximate surface area is 97.9 Å². The zero-order chi connectivity index (χ0) is 7.84. The topological polar surface area (TPSA) is 12.9 Å². The van der Waals surface area contributed by atoms with Crippen LogP contribution in [-0.2, 0) is 6.42 Å². The molecule has 0 saturated carbocycles. The highest BCUT2D eigenvalue weighted by atomic mass is 79.9. The summed E-state index contributed by atoms with van der Waals surface area (Å²) in [5.74, 6) is 0. The van der Waals surface area contributed by atoms with E-state index in [1.54, 1.807) is 11.5 Å². The second kappa shape index (κ2) is 4.17. The van der Waals surface area contributed by atoms with E-state index < -0.39 is 0 Å². The average molecular weight is 329 g/mol. The van der Waals surface area contributed by atoms with Crippen molar-refractivity contribution in [3.05, 3.63) is 15.5 Å². The molecule has 0 radical (unpaired) electrons. The number of aromatic nitrogens is 1. The predicted octanol–water partition coefficient (Wildman–Crippen LogP) is 4.26. The molecule has 0 aliphatic rings. The van der Waals surface area contributed by atoms with Crippen LogP contribution in [-0.4, -0.2) is 4.37 Å². The molecule has 0 bridgehead atoms. The van der Waals surface area contributed by atoms with Gasteiger partial charge in [0, 0.05) is 14.7 Å². The van der Waals surface area contributed by atoms with Crippen LogP contribution >= 0.6 is 55.8 Å². The van der Waals surface area contributed by atoms with E-state index in [1.165, 1.54) is 18.7 Å². The summed E-state index contributed by atoms with van der Waals surface area (Å²) in [7, 11) is 0. The van der Waals surface area contributed by atoms with E-state index in [4.69, 9.17) is 0 Å². The van der Waals surface area contributed by atoms with Gasteiger partial charge in [0.15, 0.2) is 0 Å². The van der Waals surface area contributed by atoms with Gasteiger partial charge in [0.2, 0.25) is 0 Å². The number of aryl methyl sites for hydroxylation is 1. The number of halogens is 2. The van der Waals surface area contributed by atoms with Gasteiger partial charge in [-0.05, 0) is 33.9 Å². The van der Waals surface area contributed by atoms with E-state index in [0.717, 1.165) is 6.42 Å². The van der Waals surface area contributed by atoms with Gasteiger partial charge >= 0.3 is 0 Å². The van der Waals surface area contributed by atoms with Crippen LogP contribution in [0.1, 0.15) is 11.8 Å². The van der Waals surface area contributed by atoms with Crippen molar-refractivity contribution >= 4 is 65.2 Å². The Morgan fingerprint density at radius 1 is 1.58 bits per heavy atom. The molecule has 2 aromatic rings. The van der Waals surface area contributed by atoms with E-state index in [2.05, 4.69) is 27.2 Å². The van der Waals surface area contributed by atoms with Gasteiger partial charge in [-0.25, -0.2) is 0 Å². The Hall–Kier alpha value is 0.550. The van der Waals surface area contributed by atoms with Crippen LogP contribution in [0.3, 0.4) is 0 Å². The van der Waals surface area contributed by atoms with Crippen molar-refractivity contribution < 1.29 is 0 Å². The van der Waals surface area contributed by atoms with Crippen molar-refractivity contribution in [2.24, 2.45) is 0 Å². The molecule has 0 aliphatic carbocycles. The van der Waals surface area contributed by atoms with E-state index in [1.807, 2.05) is 17.5 Å². The summed E-state index contributed by atoms with van der Waals surface area (Å²) in [6.07, 6.45) is 3.03. The van der Waals surface area contributed by atoms with E-state index in [0.29, 0.717) is 0 Å². The molecule has 0 saturated heterocycles. The molecule has 0 unspecified atom stereocenters. The zero-order valence-corrected chi connectivity index (χ0v) is 11.3. The van der Waals surface area contributed by atoms with Gasteiger partial charge in [0.05, 0.1) is 6.20 Å². The summed E-state index contributed by atoms with van der Waals surface area (Å²) in [5, 5.41) is 1.27. The minimum absolute atomic E-state index is 0. The van der Waals surface area contributed by atoms with Crippen LogP contribution in [0.25, 0.3) is 9.40 Å². The second-order valence-electron chi connectivity index (χ2n) is 2.22. The van der Waals surface area contributed by atoms with Crippen LogP contribution in [0.4, 0.5) is 0 Å². The first-order valence-electron chi connectivity index (χ1n) is 3.34. The summed E-state index contributed by atoms with van der Waals surface area (Å²) in [6, 6.07) is 0. The molecule has 0 N–H and O–H groups in total. The Morgan fingerprint density at radius 2 is 2.33 bits per heavy atom. The largest absolute Gasteiger partial charge is 0.199 e. The first-order valence-corrected chi connectivity index (χ1v) is 5.72. The van der Waals surface area contributed by atoms with Crippen LogP contribution in [0.2, 0.25) is 0 Å². The highest BCUT2D eigenvalue weighted by molar-refractivity contribution is 9.10. The number of thiophene rings is 1.